The molecule has 0 spiro atoms. The first-order chi connectivity index (χ1) is 15.9. The molecule has 0 radical (unpaired) electrons. The van der Waals surface area contributed by atoms with Gasteiger partial charge >= 0.3 is 26.2 Å². The van der Waals surface area contributed by atoms with E-state index in [1.54, 1.807) is 0 Å². The van der Waals surface area contributed by atoms with Gasteiger partial charge in [-0.15, -0.1) is 69.1 Å². The van der Waals surface area contributed by atoms with Crippen LogP contribution in [0.5, 0.6) is 0 Å². The molecular formula is C32H24Cl2Zr. The van der Waals surface area contributed by atoms with E-state index < -0.39 is 0 Å². The molecule has 170 valence electrons. The molecule has 0 N–H and O–H groups in total. The number of rotatable bonds is 5. The number of hydrogen-bond acceptors (Lipinski definition) is 0. The number of hydrogen-bond donors (Lipinski definition) is 0. The molecule has 6 aromatic carbocycles. The third kappa shape index (κ3) is 5.39. The SMILES string of the molecule is [Cl-].[Cl-].[Zr+4].c1ccc(-c2cccc3[cH-]c(CC[c-]4ccc5c(-c6ccccc6)cccc54)cc23)cc1. The average molecular weight is 571 g/mol. The van der Waals surface area contributed by atoms with Gasteiger partial charge < -0.3 is 24.8 Å². The van der Waals surface area contributed by atoms with E-state index in [1.165, 1.54) is 54.9 Å². The number of aryl methyl sites for hydroxylation is 2. The molecule has 0 unspecified atom stereocenters. The van der Waals surface area contributed by atoms with Crippen molar-refractivity contribution in [2.75, 3.05) is 0 Å². The van der Waals surface area contributed by atoms with Crippen LogP contribution in [-0.2, 0) is 39.0 Å². The fraction of sp³-hybridized carbons (Fsp3) is 0.0625. The second kappa shape index (κ2) is 12.0. The molecule has 0 fully saturated rings. The van der Waals surface area contributed by atoms with Crippen LogP contribution < -0.4 is 24.8 Å². The van der Waals surface area contributed by atoms with Crippen LogP contribution in [0.3, 0.4) is 0 Å². The van der Waals surface area contributed by atoms with Gasteiger partial charge in [-0.25, -0.2) is 0 Å². The summed E-state index contributed by atoms with van der Waals surface area (Å²) in [6.07, 6.45) is 2.11. The van der Waals surface area contributed by atoms with Crippen LogP contribution in [0.15, 0.2) is 121 Å². The van der Waals surface area contributed by atoms with Crippen molar-refractivity contribution in [1.82, 2.24) is 0 Å². The third-order valence-corrected chi connectivity index (χ3v) is 6.57. The third-order valence-electron chi connectivity index (χ3n) is 6.57. The zero-order valence-electron chi connectivity index (χ0n) is 19.2. The fourth-order valence-electron chi connectivity index (χ4n) is 4.98. The van der Waals surface area contributed by atoms with Gasteiger partial charge in [0.1, 0.15) is 0 Å². The van der Waals surface area contributed by atoms with Gasteiger partial charge in [0.15, 0.2) is 0 Å². The first-order valence-corrected chi connectivity index (χ1v) is 11.3. The summed E-state index contributed by atoms with van der Waals surface area (Å²) in [7, 11) is 0. The quantitative estimate of drug-likeness (QED) is 0.280. The van der Waals surface area contributed by atoms with Gasteiger partial charge in [0.25, 0.3) is 0 Å². The van der Waals surface area contributed by atoms with Crippen LogP contribution in [0.25, 0.3) is 43.8 Å². The molecule has 0 bridgehead atoms. The Morgan fingerprint density at radius 1 is 0.600 bits per heavy atom. The minimum Gasteiger partial charge on any atom is -1.00 e. The first-order valence-electron chi connectivity index (χ1n) is 11.3. The minimum atomic E-state index is 0. The molecule has 35 heavy (non-hydrogen) atoms. The molecule has 0 nitrogen and oxygen atoms in total. The van der Waals surface area contributed by atoms with E-state index in [0.717, 1.165) is 12.8 Å². The molecule has 0 saturated carbocycles. The van der Waals surface area contributed by atoms with Crippen LogP contribution in [0.4, 0.5) is 0 Å². The Hall–Kier alpha value is -2.44. The standard InChI is InChI=1S/C32H24.2ClH.Zr/c1-3-9-24(10-4-1)28-15-8-16-29-26(19-20-31(28)29)18-17-23-21-27-13-7-14-30(32(27)22-23)25-11-5-2-6-12-25;;;/h1-16,19-22H,17-18H2;2*1H;/q-2;;;+4/p-2. The summed E-state index contributed by atoms with van der Waals surface area (Å²) in [5.41, 5.74) is 8.06. The Kier molecular flexibility index (Phi) is 9.31. The zero-order chi connectivity index (χ0) is 21.3. The monoisotopic (exact) mass is 568 g/mol. The van der Waals surface area contributed by atoms with E-state index in [0.29, 0.717) is 0 Å². The van der Waals surface area contributed by atoms with E-state index in [2.05, 4.69) is 121 Å². The normalized spacial score (nSPS) is 10.4. The number of halogens is 2. The largest absolute Gasteiger partial charge is 4.00 e. The Bertz CT molecular complexity index is 1510. The predicted octanol–water partition coefficient (Wildman–Crippen LogP) is 2.56. The Balaban J connectivity index is 0.00000114. The molecule has 0 saturated heterocycles. The first kappa shape index (κ1) is 27.2. The number of benzene rings is 4. The van der Waals surface area contributed by atoms with Gasteiger partial charge in [0.2, 0.25) is 0 Å². The summed E-state index contributed by atoms with van der Waals surface area (Å²) in [5.74, 6) is 0. The predicted molar refractivity (Wildman–Crippen MR) is 137 cm³/mol. The smallest absolute Gasteiger partial charge is 1.00 e. The van der Waals surface area contributed by atoms with Gasteiger partial charge in [-0.2, -0.15) is 12.1 Å². The maximum Gasteiger partial charge on any atom is 4.00 e. The molecule has 6 rings (SSSR count). The Morgan fingerprint density at radius 3 is 1.86 bits per heavy atom. The van der Waals surface area contributed by atoms with Gasteiger partial charge in [-0.05, 0) is 17.5 Å². The van der Waals surface area contributed by atoms with Crippen LogP contribution in [0.1, 0.15) is 11.1 Å². The van der Waals surface area contributed by atoms with Crippen molar-refractivity contribution in [2.45, 2.75) is 12.8 Å². The second-order valence-corrected chi connectivity index (χ2v) is 8.53. The minimum absolute atomic E-state index is 0. The van der Waals surface area contributed by atoms with Crippen LogP contribution in [0.2, 0.25) is 0 Å². The summed E-state index contributed by atoms with van der Waals surface area (Å²) in [6, 6.07) is 44.1. The molecular weight excluding hydrogens is 546 g/mol. The van der Waals surface area contributed by atoms with Gasteiger partial charge in [-0.3, -0.25) is 0 Å². The molecule has 0 atom stereocenters. The second-order valence-electron chi connectivity index (χ2n) is 8.53. The van der Waals surface area contributed by atoms with Crippen molar-refractivity contribution in [1.29, 1.82) is 0 Å². The maximum absolute atomic E-state index is 2.39. The van der Waals surface area contributed by atoms with Crippen molar-refractivity contribution in [3.05, 3.63) is 132 Å². The van der Waals surface area contributed by atoms with Crippen LogP contribution >= 0.6 is 0 Å². The van der Waals surface area contributed by atoms with E-state index in [1.807, 2.05) is 0 Å². The molecule has 0 aliphatic heterocycles. The van der Waals surface area contributed by atoms with E-state index in [4.69, 9.17) is 0 Å². The summed E-state index contributed by atoms with van der Waals surface area (Å²) in [6.45, 7) is 0. The van der Waals surface area contributed by atoms with Gasteiger partial charge in [-0.1, -0.05) is 90.3 Å². The maximum atomic E-state index is 2.39. The molecule has 0 aliphatic carbocycles. The van der Waals surface area contributed by atoms with Gasteiger partial charge in [0, 0.05) is 0 Å². The van der Waals surface area contributed by atoms with E-state index >= 15 is 0 Å². The van der Waals surface area contributed by atoms with Crippen molar-refractivity contribution >= 4 is 21.5 Å². The summed E-state index contributed by atoms with van der Waals surface area (Å²) >= 11 is 0. The fourth-order valence-corrected chi connectivity index (χ4v) is 4.98. The van der Waals surface area contributed by atoms with E-state index in [-0.39, 0.29) is 51.0 Å². The van der Waals surface area contributed by atoms with Crippen LogP contribution in [0, 0.1) is 0 Å². The van der Waals surface area contributed by atoms with Crippen LogP contribution in [-0.4, -0.2) is 0 Å². The van der Waals surface area contributed by atoms with Crippen molar-refractivity contribution in [3.63, 3.8) is 0 Å². The molecule has 0 amide bonds. The Labute approximate surface area is 238 Å². The van der Waals surface area contributed by atoms with Crippen molar-refractivity contribution in [3.8, 4) is 22.3 Å². The Morgan fingerprint density at radius 2 is 1.20 bits per heavy atom. The summed E-state index contributed by atoms with van der Waals surface area (Å²) in [5, 5.41) is 5.42. The molecule has 0 heterocycles. The number of fused-ring (bicyclic) bond motifs is 2. The van der Waals surface area contributed by atoms with E-state index in [9.17, 15) is 0 Å². The molecule has 3 heteroatoms. The zero-order valence-corrected chi connectivity index (χ0v) is 23.2. The van der Waals surface area contributed by atoms with Crippen molar-refractivity contribution in [2.24, 2.45) is 0 Å². The summed E-state index contributed by atoms with van der Waals surface area (Å²) < 4.78 is 0. The molecule has 0 aromatic heterocycles. The van der Waals surface area contributed by atoms with Crippen molar-refractivity contribution < 1.29 is 51.0 Å². The molecule has 0 aliphatic rings. The average Bonchev–Trinajstić information content (AvgIpc) is 3.47. The van der Waals surface area contributed by atoms with Gasteiger partial charge in [0.05, 0.1) is 0 Å². The topological polar surface area (TPSA) is 0 Å². The summed E-state index contributed by atoms with van der Waals surface area (Å²) in [4.78, 5) is 0. The molecule has 6 aromatic rings.